The van der Waals surface area contributed by atoms with Crippen molar-refractivity contribution in [3.8, 4) is 11.5 Å². The van der Waals surface area contributed by atoms with Crippen LogP contribution in [0.2, 0.25) is 0 Å². The highest BCUT2D eigenvalue weighted by Gasteiger charge is 2.33. The summed E-state index contributed by atoms with van der Waals surface area (Å²) in [4.78, 5) is 32.3. The average Bonchev–Trinajstić information content (AvgIpc) is 3.42. The molecule has 7 nitrogen and oxygen atoms in total. The SMILES string of the molecule is CCOC(=O)C1=C(C)N=c2s/c(=C/c3ccc4c(c3)OCCO4)c(=O)n2C1c1cccs1. The summed E-state index contributed by atoms with van der Waals surface area (Å²) >= 11 is 2.79. The highest BCUT2D eigenvalue weighted by atomic mass is 32.1. The zero-order chi connectivity index (χ0) is 22.2. The van der Waals surface area contributed by atoms with Crippen LogP contribution in [0.3, 0.4) is 0 Å². The van der Waals surface area contributed by atoms with Crippen LogP contribution in [0.1, 0.15) is 30.3 Å². The van der Waals surface area contributed by atoms with Gasteiger partial charge in [0.1, 0.15) is 19.3 Å². The van der Waals surface area contributed by atoms with Gasteiger partial charge in [0.15, 0.2) is 16.3 Å². The molecule has 5 rings (SSSR count). The minimum absolute atomic E-state index is 0.198. The molecule has 0 bridgehead atoms. The van der Waals surface area contributed by atoms with Crippen molar-refractivity contribution >= 4 is 34.7 Å². The molecule has 0 saturated carbocycles. The van der Waals surface area contributed by atoms with Crippen LogP contribution >= 0.6 is 22.7 Å². The van der Waals surface area contributed by atoms with Gasteiger partial charge < -0.3 is 14.2 Å². The Morgan fingerprint density at radius 1 is 1.28 bits per heavy atom. The second-order valence-electron chi connectivity index (χ2n) is 7.22. The summed E-state index contributed by atoms with van der Waals surface area (Å²) in [5.41, 5.74) is 1.59. The van der Waals surface area contributed by atoms with E-state index in [1.807, 2.05) is 41.8 Å². The summed E-state index contributed by atoms with van der Waals surface area (Å²) in [5, 5.41) is 1.93. The maximum atomic E-state index is 13.5. The van der Waals surface area contributed by atoms with Crippen LogP contribution in [0.15, 0.2) is 56.8 Å². The highest BCUT2D eigenvalue weighted by molar-refractivity contribution is 7.10. The standard InChI is InChI=1S/C23H20N2O5S2/c1-3-28-22(27)19-13(2)24-23-25(20(19)17-5-4-10-31-17)21(26)18(32-23)12-14-6-7-15-16(11-14)30-9-8-29-15/h4-7,10-12,20H,3,8-9H2,1-2H3/b18-12+. The Hall–Kier alpha value is -3.17. The fraction of sp³-hybridized carbons (Fsp3) is 0.261. The Labute approximate surface area is 191 Å². The van der Waals surface area contributed by atoms with E-state index in [4.69, 9.17) is 14.2 Å². The molecule has 0 fully saturated rings. The molecule has 0 spiro atoms. The van der Waals surface area contributed by atoms with Crippen molar-refractivity contribution in [2.75, 3.05) is 19.8 Å². The van der Waals surface area contributed by atoms with E-state index in [2.05, 4.69) is 4.99 Å². The molecule has 1 unspecified atom stereocenters. The fourth-order valence-corrected chi connectivity index (χ4v) is 5.68. The fourth-order valence-electron chi connectivity index (χ4n) is 3.81. The first kappa shape index (κ1) is 20.7. The molecule has 0 N–H and O–H groups in total. The minimum Gasteiger partial charge on any atom is -0.486 e. The number of thiazole rings is 1. The lowest BCUT2D eigenvalue weighted by atomic mass is 10.0. The van der Waals surface area contributed by atoms with E-state index in [1.54, 1.807) is 18.4 Å². The Morgan fingerprint density at radius 2 is 2.09 bits per heavy atom. The number of benzene rings is 1. The van der Waals surface area contributed by atoms with Crippen molar-refractivity contribution in [3.63, 3.8) is 0 Å². The summed E-state index contributed by atoms with van der Waals surface area (Å²) in [6.07, 6.45) is 1.82. The minimum atomic E-state index is -0.562. The number of esters is 1. The lowest BCUT2D eigenvalue weighted by Gasteiger charge is -2.23. The van der Waals surface area contributed by atoms with Crippen LogP contribution in [0.4, 0.5) is 0 Å². The van der Waals surface area contributed by atoms with E-state index < -0.39 is 12.0 Å². The van der Waals surface area contributed by atoms with Gasteiger partial charge in [-0.25, -0.2) is 9.79 Å². The summed E-state index contributed by atoms with van der Waals surface area (Å²) in [7, 11) is 0. The number of thiophene rings is 1. The molecule has 2 aromatic heterocycles. The van der Waals surface area contributed by atoms with Gasteiger partial charge in [-0.3, -0.25) is 9.36 Å². The molecule has 32 heavy (non-hydrogen) atoms. The first-order chi connectivity index (χ1) is 15.6. The summed E-state index contributed by atoms with van der Waals surface area (Å²) < 4.78 is 18.6. The van der Waals surface area contributed by atoms with Crippen LogP contribution in [-0.2, 0) is 9.53 Å². The van der Waals surface area contributed by atoms with Crippen molar-refractivity contribution in [2.45, 2.75) is 19.9 Å². The molecular weight excluding hydrogens is 448 g/mol. The quantitative estimate of drug-likeness (QED) is 0.550. The van der Waals surface area contributed by atoms with Crippen molar-refractivity contribution in [1.82, 2.24) is 4.57 Å². The molecule has 2 aliphatic heterocycles. The Bertz CT molecular complexity index is 1400. The molecule has 0 saturated heterocycles. The molecule has 1 atom stereocenters. The van der Waals surface area contributed by atoms with Gasteiger partial charge in [0.25, 0.3) is 5.56 Å². The predicted octanol–water partition coefficient (Wildman–Crippen LogP) is 2.63. The topological polar surface area (TPSA) is 79.1 Å². The molecule has 3 aromatic rings. The lowest BCUT2D eigenvalue weighted by Crippen LogP contribution is -2.39. The summed E-state index contributed by atoms with van der Waals surface area (Å²) in [5.74, 6) is 0.908. The Morgan fingerprint density at radius 3 is 2.84 bits per heavy atom. The smallest absolute Gasteiger partial charge is 0.338 e. The number of carbonyl (C=O) groups excluding carboxylic acids is 1. The van der Waals surface area contributed by atoms with Crippen molar-refractivity contribution in [2.24, 2.45) is 4.99 Å². The molecule has 1 aromatic carbocycles. The summed E-state index contributed by atoms with van der Waals surface area (Å²) in [6.45, 7) is 4.81. The van der Waals surface area contributed by atoms with E-state index in [0.717, 1.165) is 10.4 Å². The van der Waals surface area contributed by atoms with Crippen molar-refractivity contribution < 1.29 is 19.0 Å². The van der Waals surface area contributed by atoms with E-state index in [9.17, 15) is 9.59 Å². The van der Waals surface area contributed by atoms with Gasteiger partial charge in [0.05, 0.1) is 22.4 Å². The normalized spacial score (nSPS) is 17.7. The third-order valence-electron chi connectivity index (χ3n) is 5.19. The van der Waals surface area contributed by atoms with Gasteiger partial charge in [-0.05, 0) is 49.1 Å². The largest absolute Gasteiger partial charge is 0.486 e. The van der Waals surface area contributed by atoms with E-state index in [1.165, 1.54) is 22.7 Å². The van der Waals surface area contributed by atoms with Gasteiger partial charge in [-0.2, -0.15) is 0 Å². The third kappa shape index (κ3) is 3.57. The maximum absolute atomic E-state index is 13.5. The number of hydrogen-bond acceptors (Lipinski definition) is 8. The first-order valence-electron chi connectivity index (χ1n) is 10.2. The number of aromatic nitrogens is 1. The van der Waals surface area contributed by atoms with E-state index in [0.29, 0.717) is 45.3 Å². The molecule has 4 heterocycles. The van der Waals surface area contributed by atoms with Crippen molar-refractivity contribution in [1.29, 1.82) is 0 Å². The zero-order valence-electron chi connectivity index (χ0n) is 17.5. The van der Waals surface area contributed by atoms with Crippen LogP contribution in [0.5, 0.6) is 11.5 Å². The number of fused-ring (bicyclic) bond motifs is 2. The predicted molar refractivity (Wildman–Crippen MR) is 122 cm³/mol. The second kappa shape index (κ2) is 8.40. The lowest BCUT2D eigenvalue weighted by molar-refractivity contribution is -0.139. The maximum Gasteiger partial charge on any atom is 0.338 e. The molecule has 0 amide bonds. The molecular formula is C23H20N2O5S2. The molecule has 2 aliphatic rings. The van der Waals surface area contributed by atoms with E-state index in [-0.39, 0.29) is 12.2 Å². The van der Waals surface area contributed by atoms with Crippen LogP contribution < -0.4 is 24.4 Å². The number of rotatable bonds is 4. The highest BCUT2D eigenvalue weighted by Crippen LogP contribution is 2.33. The van der Waals surface area contributed by atoms with Crippen LogP contribution in [0, 0.1) is 0 Å². The Balaban J connectivity index is 1.66. The average molecular weight is 469 g/mol. The summed E-state index contributed by atoms with van der Waals surface area (Å²) in [6, 6.07) is 8.85. The van der Waals surface area contributed by atoms with Crippen LogP contribution in [0.25, 0.3) is 6.08 Å². The monoisotopic (exact) mass is 468 g/mol. The van der Waals surface area contributed by atoms with Gasteiger partial charge in [0.2, 0.25) is 0 Å². The molecule has 0 aliphatic carbocycles. The number of carbonyl (C=O) groups is 1. The van der Waals surface area contributed by atoms with Gasteiger partial charge in [-0.15, -0.1) is 11.3 Å². The zero-order valence-corrected chi connectivity index (χ0v) is 19.1. The molecule has 0 radical (unpaired) electrons. The number of hydrogen-bond donors (Lipinski definition) is 0. The first-order valence-corrected chi connectivity index (χ1v) is 11.9. The Kier molecular flexibility index (Phi) is 5.44. The number of allylic oxidation sites excluding steroid dienone is 1. The van der Waals surface area contributed by atoms with Gasteiger partial charge in [0, 0.05) is 4.88 Å². The van der Waals surface area contributed by atoms with Gasteiger partial charge >= 0.3 is 5.97 Å². The number of nitrogens with zero attached hydrogens (tertiary/aromatic N) is 2. The second-order valence-corrected chi connectivity index (χ2v) is 9.21. The van der Waals surface area contributed by atoms with Crippen LogP contribution in [-0.4, -0.2) is 30.4 Å². The molecule has 9 heteroatoms. The van der Waals surface area contributed by atoms with Gasteiger partial charge in [-0.1, -0.05) is 23.5 Å². The van der Waals surface area contributed by atoms with Crippen molar-refractivity contribution in [3.05, 3.63) is 77.1 Å². The molecule has 164 valence electrons. The third-order valence-corrected chi connectivity index (χ3v) is 7.10. The van der Waals surface area contributed by atoms with E-state index >= 15 is 0 Å². The number of ether oxygens (including phenoxy) is 3.